The molecule has 1 heterocycles. The Kier molecular flexibility index (Phi) is 6.49. The van der Waals surface area contributed by atoms with Crippen LogP contribution in [-0.2, 0) is 16.0 Å². The first-order chi connectivity index (χ1) is 11.4. The van der Waals surface area contributed by atoms with Crippen molar-refractivity contribution >= 4 is 23.4 Å². The molecule has 24 heavy (non-hydrogen) atoms. The van der Waals surface area contributed by atoms with Gasteiger partial charge >= 0.3 is 0 Å². The van der Waals surface area contributed by atoms with Crippen molar-refractivity contribution in [3.05, 3.63) is 28.8 Å². The summed E-state index contributed by atoms with van der Waals surface area (Å²) in [5, 5.41) is 0.586. The molecule has 1 saturated heterocycles. The van der Waals surface area contributed by atoms with Gasteiger partial charge in [-0.2, -0.15) is 0 Å². The maximum Gasteiger partial charge on any atom is 0.227 e. The molecule has 0 saturated carbocycles. The summed E-state index contributed by atoms with van der Waals surface area (Å²) >= 11 is 6.03. The number of ether oxygens (including phenoxy) is 1. The lowest BCUT2D eigenvalue weighted by atomic mass is 10.1. The molecule has 0 aromatic heterocycles. The second-order valence-corrected chi connectivity index (χ2v) is 6.78. The van der Waals surface area contributed by atoms with Gasteiger partial charge in [0, 0.05) is 42.7 Å². The zero-order valence-electron chi connectivity index (χ0n) is 14.5. The number of hydrogen-bond donors (Lipinski definition) is 0. The van der Waals surface area contributed by atoms with E-state index in [1.807, 2.05) is 23.6 Å². The number of methoxy groups -OCH3 is 1. The Morgan fingerprint density at radius 3 is 2.50 bits per heavy atom. The molecule has 0 radical (unpaired) electrons. The number of benzene rings is 1. The molecule has 1 aromatic carbocycles. The predicted octanol–water partition coefficient (Wildman–Crippen LogP) is 2.61. The molecule has 0 spiro atoms. The van der Waals surface area contributed by atoms with Crippen LogP contribution in [0.25, 0.3) is 0 Å². The van der Waals surface area contributed by atoms with Crippen LogP contribution >= 0.6 is 11.6 Å². The first-order valence-corrected chi connectivity index (χ1v) is 8.69. The molecule has 1 aromatic rings. The number of carbonyl (C=O) groups excluding carboxylic acids is 2. The minimum absolute atomic E-state index is 0.0111. The van der Waals surface area contributed by atoms with Gasteiger partial charge in [-0.05, 0) is 24.6 Å². The van der Waals surface area contributed by atoms with Crippen molar-refractivity contribution < 1.29 is 14.3 Å². The van der Waals surface area contributed by atoms with Crippen LogP contribution < -0.4 is 4.74 Å². The third kappa shape index (κ3) is 4.63. The Balaban J connectivity index is 2.01. The number of nitrogens with zero attached hydrogens (tertiary/aromatic N) is 2. The van der Waals surface area contributed by atoms with E-state index in [-0.39, 0.29) is 24.2 Å². The standard InChI is InChI=1S/C18H25ClN2O3/c1-13(2)18(23)21-8-4-7-20(9-10-21)17(22)12-14-11-15(19)5-6-16(14)24-3/h5-6,11,13H,4,7-10,12H2,1-3H3. The molecule has 2 amide bonds. The van der Waals surface area contributed by atoms with Gasteiger partial charge in [-0.3, -0.25) is 9.59 Å². The fraction of sp³-hybridized carbons (Fsp3) is 0.556. The van der Waals surface area contributed by atoms with Gasteiger partial charge < -0.3 is 14.5 Å². The Labute approximate surface area is 148 Å². The summed E-state index contributed by atoms with van der Waals surface area (Å²) in [5.41, 5.74) is 0.786. The smallest absolute Gasteiger partial charge is 0.227 e. The van der Waals surface area contributed by atoms with Gasteiger partial charge in [-0.15, -0.1) is 0 Å². The van der Waals surface area contributed by atoms with E-state index in [9.17, 15) is 9.59 Å². The highest BCUT2D eigenvalue weighted by atomic mass is 35.5. The molecular weight excluding hydrogens is 328 g/mol. The predicted molar refractivity (Wildman–Crippen MR) is 94.3 cm³/mol. The Morgan fingerprint density at radius 1 is 1.17 bits per heavy atom. The lowest BCUT2D eigenvalue weighted by molar-refractivity contribution is -0.135. The minimum Gasteiger partial charge on any atom is -0.496 e. The fourth-order valence-corrected chi connectivity index (χ4v) is 3.11. The Hall–Kier alpha value is -1.75. The third-order valence-electron chi connectivity index (χ3n) is 4.24. The largest absolute Gasteiger partial charge is 0.496 e. The normalized spacial score (nSPS) is 15.4. The molecule has 5 nitrogen and oxygen atoms in total. The van der Waals surface area contributed by atoms with Crippen molar-refractivity contribution in [1.29, 1.82) is 0 Å². The molecule has 1 fully saturated rings. The molecule has 2 rings (SSSR count). The molecule has 0 atom stereocenters. The lowest BCUT2D eigenvalue weighted by Gasteiger charge is -2.23. The molecule has 6 heteroatoms. The van der Waals surface area contributed by atoms with Crippen molar-refractivity contribution in [2.45, 2.75) is 26.7 Å². The molecule has 1 aliphatic heterocycles. The van der Waals surface area contributed by atoms with Gasteiger partial charge in [0.05, 0.1) is 13.5 Å². The Bertz CT molecular complexity index is 604. The highest BCUT2D eigenvalue weighted by Gasteiger charge is 2.24. The summed E-state index contributed by atoms with van der Waals surface area (Å²) < 4.78 is 5.31. The van der Waals surface area contributed by atoms with E-state index in [1.54, 1.807) is 25.3 Å². The maximum atomic E-state index is 12.6. The highest BCUT2D eigenvalue weighted by molar-refractivity contribution is 6.30. The summed E-state index contributed by atoms with van der Waals surface area (Å²) in [5.74, 6) is 0.845. The van der Waals surface area contributed by atoms with E-state index in [0.717, 1.165) is 12.0 Å². The van der Waals surface area contributed by atoms with E-state index in [2.05, 4.69) is 0 Å². The summed E-state index contributed by atoms with van der Waals surface area (Å²) in [7, 11) is 1.58. The van der Waals surface area contributed by atoms with E-state index >= 15 is 0 Å². The van der Waals surface area contributed by atoms with E-state index in [1.165, 1.54) is 0 Å². The zero-order chi connectivity index (χ0) is 17.7. The maximum absolute atomic E-state index is 12.6. The van der Waals surface area contributed by atoms with Crippen molar-refractivity contribution in [2.75, 3.05) is 33.3 Å². The molecule has 132 valence electrons. The molecular formula is C18H25ClN2O3. The van der Waals surface area contributed by atoms with E-state index in [0.29, 0.717) is 37.0 Å². The summed E-state index contributed by atoms with van der Waals surface area (Å²) in [6, 6.07) is 5.29. The van der Waals surface area contributed by atoms with Crippen LogP contribution in [-0.4, -0.2) is 54.9 Å². The SMILES string of the molecule is COc1ccc(Cl)cc1CC(=O)N1CCCN(C(=O)C(C)C)CC1. The molecule has 1 aliphatic rings. The van der Waals surface area contributed by atoms with Crippen LogP contribution in [0.4, 0.5) is 0 Å². The molecule has 0 unspecified atom stereocenters. The monoisotopic (exact) mass is 352 g/mol. The van der Waals surface area contributed by atoms with Crippen molar-refractivity contribution in [3.63, 3.8) is 0 Å². The average molecular weight is 353 g/mol. The van der Waals surface area contributed by atoms with Gasteiger partial charge in [0.1, 0.15) is 5.75 Å². The van der Waals surface area contributed by atoms with Crippen LogP contribution in [0.1, 0.15) is 25.8 Å². The van der Waals surface area contributed by atoms with Gasteiger partial charge in [-0.25, -0.2) is 0 Å². The number of rotatable bonds is 4. The quantitative estimate of drug-likeness (QED) is 0.837. The highest BCUT2D eigenvalue weighted by Crippen LogP contribution is 2.23. The van der Waals surface area contributed by atoms with Crippen LogP contribution in [0.3, 0.4) is 0 Å². The van der Waals surface area contributed by atoms with Gasteiger partial charge in [0.15, 0.2) is 0 Å². The van der Waals surface area contributed by atoms with Gasteiger partial charge in [0.2, 0.25) is 11.8 Å². The second-order valence-electron chi connectivity index (χ2n) is 6.35. The zero-order valence-corrected chi connectivity index (χ0v) is 15.3. The fourth-order valence-electron chi connectivity index (χ4n) is 2.91. The van der Waals surface area contributed by atoms with Crippen LogP contribution in [0.5, 0.6) is 5.75 Å². The topological polar surface area (TPSA) is 49.9 Å². The molecule has 0 aliphatic carbocycles. The van der Waals surface area contributed by atoms with Gasteiger partial charge in [-0.1, -0.05) is 25.4 Å². The van der Waals surface area contributed by atoms with Crippen molar-refractivity contribution in [3.8, 4) is 5.75 Å². The lowest BCUT2D eigenvalue weighted by Crippen LogP contribution is -2.39. The first kappa shape index (κ1) is 18.6. The van der Waals surface area contributed by atoms with Gasteiger partial charge in [0.25, 0.3) is 0 Å². The summed E-state index contributed by atoms with van der Waals surface area (Å²) in [6.45, 7) is 6.35. The minimum atomic E-state index is -0.0111. The first-order valence-electron chi connectivity index (χ1n) is 8.31. The van der Waals surface area contributed by atoms with Crippen LogP contribution in [0, 0.1) is 5.92 Å². The second kappa shape index (κ2) is 8.38. The third-order valence-corrected chi connectivity index (χ3v) is 4.47. The van der Waals surface area contributed by atoms with Crippen LogP contribution in [0.2, 0.25) is 5.02 Å². The van der Waals surface area contributed by atoms with E-state index in [4.69, 9.17) is 16.3 Å². The van der Waals surface area contributed by atoms with E-state index < -0.39 is 0 Å². The van der Waals surface area contributed by atoms with Crippen molar-refractivity contribution in [2.24, 2.45) is 5.92 Å². The van der Waals surface area contributed by atoms with Crippen molar-refractivity contribution in [1.82, 2.24) is 9.80 Å². The summed E-state index contributed by atoms with van der Waals surface area (Å²) in [6.07, 6.45) is 1.05. The Morgan fingerprint density at radius 2 is 1.83 bits per heavy atom. The number of amides is 2. The number of hydrogen-bond acceptors (Lipinski definition) is 3. The van der Waals surface area contributed by atoms with Crippen LogP contribution in [0.15, 0.2) is 18.2 Å². The number of halogens is 1. The summed E-state index contributed by atoms with van der Waals surface area (Å²) in [4.78, 5) is 28.5. The average Bonchev–Trinajstić information content (AvgIpc) is 2.80. The molecule has 0 bridgehead atoms. The molecule has 0 N–H and O–H groups in total. The number of carbonyl (C=O) groups is 2.